The Morgan fingerprint density at radius 3 is 2.76 bits per heavy atom. The van der Waals surface area contributed by atoms with Crippen molar-refractivity contribution in [3.8, 4) is 0 Å². The van der Waals surface area contributed by atoms with E-state index in [-0.39, 0.29) is 5.75 Å². The Hall–Kier alpha value is -0.430. The molecular weight excluding hydrogens is 288 g/mol. The molecule has 0 bridgehead atoms. The van der Waals surface area contributed by atoms with Gasteiger partial charge in [-0.15, -0.1) is 0 Å². The van der Waals surface area contributed by atoms with Gasteiger partial charge in [-0.05, 0) is 31.6 Å². The maximum atomic E-state index is 12.2. The van der Waals surface area contributed by atoms with E-state index in [4.69, 9.17) is 4.74 Å². The molecule has 0 radical (unpaired) electrons. The van der Waals surface area contributed by atoms with Crippen LogP contribution in [0.3, 0.4) is 0 Å². The van der Waals surface area contributed by atoms with Gasteiger partial charge in [-0.25, -0.2) is 8.42 Å². The van der Waals surface area contributed by atoms with Crippen LogP contribution >= 0.6 is 0 Å². The summed E-state index contributed by atoms with van der Waals surface area (Å²) in [6, 6.07) is 0. The van der Waals surface area contributed by atoms with E-state index in [0.29, 0.717) is 44.7 Å². The standard InChI is InChI=1S/C15H28N2O3S/c1-13-4-3-5-14(2)15(13)12-16-6-11-21(18,19)17-7-9-20-10-8-17/h4,14-16H,3,5-12H2,1-2H3/t14-,15-/m1/s1. The monoisotopic (exact) mass is 316 g/mol. The third-order valence-corrected chi connectivity index (χ3v) is 6.50. The summed E-state index contributed by atoms with van der Waals surface area (Å²) in [6.45, 7) is 7.87. The molecule has 0 aromatic carbocycles. The molecule has 5 nitrogen and oxygen atoms in total. The molecule has 1 fully saturated rings. The Morgan fingerprint density at radius 2 is 2.10 bits per heavy atom. The van der Waals surface area contributed by atoms with Crippen LogP contribution in [0.1, 0.15) is 26.7 Å². The van der Waals surface area contributed by atoms with Crippen LogP contribution in [0, 0.1) is 11.8 Å². The molecule has 0 aromatic heterocycles. The highest BCUT2D eigenvalue weighted by Gasteiger charge is 2.25. The summed E-state index contributed by atoms with van der Waals surface area (Å²) in [4.78, 5) is 0. The second-order valence-electron chi connectivity index (χ2n) is 6.14. The quantitative estimate of drug-likeness (QED) is 0.591. The van der Waals surface area contributed by atoms with Crippen molar-refractivity contribution in [3.05, 3.63) is 11.6 Å². The van der Waals surface area contributed by atoms with Crippen molar-refractivity contribution in [2.24, 2.45) is 11.8 Å². The minimum atomic E-state index is -3.14. The van der Waals surface area contributed by atoms with Crippen LogP contribution in [-0.2, 0) is 14.8 Å². The molecule has 2 rings (SSSR count). The van der Waals surface area contributed by atoms with E-state index >= 15 is 0 Å². The van der Waals surface area contributed by atoms with Gasteiger partial charge in [-0.2, -0.15) is 4.31 Å². The Labute approximate surface area is 128 Å². The molecule has 1 N–H and O–H groups in total. The van der Waals surface area contributed by atoms with E-state index in [2.05, 4.69) is 25.2 Å². The Balaban J connectivity index is 1.73. The lowest BCUT2D eigenvalue weighted by atomic mass is 9.80. The number of nitrogens with one attached hydrogen (secondary N) is 1. The van der Waals surface area contributed by atoms with Gasteiger partial charge in [-0.1, -0.05) is 18.6 Å². The summed E-state index contributed by atoms with van der Waals surface area (Å²) in [6.07, 6.45) is 4.72. The molecule has 6 heteroatoms. The van der Waals surface area contributed by atoms with Crippen molar-refractivity contribution in [2.75, 3.05) is 45.1 Å². The van der Waals surface area contributed by atoms with Crippen molar-refractivity contribution in [1.29, 1.82) is 0 Å². The summed E-state index contributed by atoms with van der Waals surface area (Å²) in [5.74, 6) is 1.40. The SMILES string of the molecule is CC1=CCC[C@@H](C)[C@@H]1CNCCS(=O)(=O)N1CCOCC1. The Morgan fingerprint density at radius 1 is 1.38 bits per heavy atom. The largest absolute Gasteiger partial charge is 0.379 e. The van der Waals surface area contributed by atoms with Gasteiger partial charge in [0.1, 0.15) is 0 Å². The van der Waals surface area contributed by atoms with Gasteiger partial charge in [0.2, 0.25) is 10.0 Å². The van der Waals surface area contributed by atoms with Crippen LogP contribution in [0.5, 0.6) is 0 Å². The maximum Gasteiger partial charge on any atom is 0.215 e. The van der Waals surface area contributed by atoms with E-state index in [9.17, 15) is 8.42 Å². The molecule has 21 heavy (non-hydrogen) atoms. The molecule has 0 aromatic rings. The number of sulfonamides is 1. The number of rotatable bonds is 6. The van der Waals surface area contributed by atoms with Crippen molar-refractivity contribution in [1.82, 2.24) is 9.62 Å². The molecule has 0 unspecified atom stereocenters. The fourth-order valence-electron chi connectivity index (χ4n) is 3.15. The number of allylic oxidation sites excluding steroid dienone is 1. The first kappa shape index (κ1) is 16.9. The molecule has 1 aliphatic heterocycles. The number of hydrogen-bond acceptors (Lipinski definition) is 4. The van der Waals surface area contributed by atoms with Gasteiger partial charge >= 0.3 is 0 Å². The fourth-order valence-corrected chi connectivity index (χ4v) is 4.52. The molecule has 0 spiro atoms. The van der Waals surface area contributed by atoms with Gasteiger partial charge in [0.05, 0.1) is 19.0 Å². The van der Waals surface area contributed by atoms with Crippen LogP contribution in [0.4, 0.5) is 0 Å². The lowest BCUT2D eigenvalue weighted by Crippen LogP contribution is -2.43. The Bertz CT molecular complexity index is 456. The van der Waals surface area contributed by atoms with Crippen LogP contribution < -0.4 is 5.32 Å². The second-order valence-corrected chi connectivity index (χ2v) is 8.23. The first-order chi connectivity index (χ1) is 10.0. The zero-order valence-electron chi connectivity index (χ0n) is 13.2. The van der Waals surface area contributed by atoms with Gasteiger partial charge < -0.3 is 10.1 Å². The highest BCUT2D eigenvalue weighted by Crippen LogP contribution is 2.29. The lowest BCUT2D eigenvalue weighted by Gasteiger charge is -2.29. The van der Waals surface area contributed by atoms with E-state index < -0.39 is 10.0 Å². The highest BCUT2D eigenvalue weighted by atomic mass is 32.2. The number of ether oxygens (including phenoxy) is 1. The topological polar surface area (TPSA) is 58.6 Å². The van der Waals surface area contributed by atoms with Crippen LogP contribution in [-0.4, -0.2) is 57.9 Å². The van der Waals surface area contributed by atoms with Crippen molar-refractivity contribution in [2.45, 2.75) is 26.7 Å². The zero-order valence-corrected chi connectivity index (χ0v) is 14.0. The molecular formula is C15H28N2O3S. The molecule has 1 aliphatic carbocycles. The summed E-state index contributed by atoms with van der Waals surface area (Å²) >= 11 is 0. The van der Waals surface area contributed by atoms with E-state index in [1.807, 2.05) is 0 Å². The second kappa shape index (κ2) is 7.72. The van der Waals surface area contributed by atoms with Gasteiger partial charge in [0.25, 0.3) is 0 Å². The molecule has 1 saturated heterocycles. The minimum Gasteiger partial charge on any atom is -0.379 e. The molecule has 1 heterocycles. The molecule has 122 valence electrons. The number of hydrogen-bond donors (Lipinski definition) is 1. The minimum absolute atomic E-state index is 0.177. The van der Waals surface area contributed by atoms with Crippen molar-refractivity contribution < 1.29 is 13.2 Å². The summed E-state index contributed by atoms with van der Waals surface area (Å²) in [5, 5.41) is 3.33. The van der Waals surface area contributed by atoms with Gasteiger partial charge in [-0.3, -0.25) is 0 Å². The van der Waals surface area contributed by atoms with E-state index in [0.717, 1.165) is 6.54 Å². The van der Waals surface area contributed by atoms with Crippen LogP contribution in [0.15, 0.2) is 11.6 Å². The van der Waals surface area contributed by atoms with Gasteiger partial charge in [0.15, 0.2) is 0 Å². The average Bonchev–Trinajstić information content (AvgIpc) is 2.47. The Kier molecular flexibility index (Phi) is 6.22. The summed E-state index contributed by atoms with van der Waals surface area (Å²) < 4.78 is 31.1. The third-order valence-electron chi connectivity index (χ3n) is 4.62. The van der Waals surface area contributed by atoms with Crippen LogP contribution in [0.2, 0.25) is 0 Å². The van der Waals surface area contributed by atoms with E-state index in [1.165, 1.54) is 18.4 Å². The smallest absolute Gasteiger partial charge is 0.215 e. The van der Waals surface area contributed by atoms with Crippen molar-refractivity contribution >= 4 is 10.0 Å². The predicted molar refractivity (Wildman–Crippen MR) is 84.7 cm³/mol. The van der Waals surface area contributed by atoms with Crippen LogP contribution in [0.25, 0.3) is 0 Å². The predicted octanol–water partition coefficient (Wildman–Crippen LogP) is 1.23. The first-order valence-electron chi connectivity index (χ1n) is 7.93. The molecule has 0 amide bonds. The normalized spacial score (nSPS) is 28.4. The first-order valence-corrected chi connectivity index (χ1v) is 9.54. The van der Waals surface area contributed by atoms with E-state index in [1.54, 1.807) is 4.31 Å². The summed E-state index contributed by atoms with van der Waals surface area (Å²) in [5.41, 5.74) is 1.44. The van der Waals surface area contributed by atoms with Gasteiger partial charge in [0, 0.05) is 26.2 Å². The molecule has 2 atom stereocenters. The molecule has 0 saturated carbocycles. The fraction of sp³-hybridized carbons (Fsp3) is 0.867. The number of nitrogens with zero attached hydrogens (tertiary/aromatic N) is 1. The number of morpholine rings is 1. The van der Waals surface area contributed by atoms with Crippen molar-refractivity contribution in [3.63, 3.8) is 0 Å². The lowest BCUT2D eigenvalue weighted by molar-refractivity contribution is 0.0730. The summed E-state index contributed by atoms with van der Waals surface area (Å²) in [7, 11) is -3.14. The molecule has 2 aliphatic rings. The zero-order chi connectivity index (χ0) is 15.3. The average molecular weight is 316 g/mol. The third kappa shape index (κ3) is 4.77. The maximum absolute atomic E-state index is 12.2. The highest BCUT2D eigenvalue weighted by molar-refractivity contribution is 7.89.